The molecule has 1 aliphatic carbocycles. The van der Waals surface area contributed by atoms with Crippen LogP contribution < -0.4 is 0 Å². The Morgan fingerprint density at radius 1 is 0.889 bits per heavy atom. The highest BCUT2D eigenvalue weighted by Crippen LogP contribution is 2.35. The van der Waals surface area contributed by atoms with Crippen molar-refractivity contribution < 1.29 is 5.11 Å². The van der Waals surface area contributed by atoms with Gasteiger partial charge < -0.3 is 5.11 Å². The summed E-state index contributed by atoms with van der Waals surface area (Å²) in [6.45, 7) is 4.35. The Hall–Kier alpha value is -0.0400. The molecule has 0 aromatic heterocycles. The molecule has 1 N–H and O–H groups in total. The second-order valence-electron chi connectivity index (χ2n) is 6.56. The third-order valence-electron chi connectivity index (χ3n) is 4.77. The maximum absolute atomic E-state index is 10.6. The van der Waals surface area contributed by atoms with Crippen LogP contribution in [0.3, 0.4) is 0 Å². The summed E-state index contributed by atoms with van der Waals surface area (Å²) in [6.07, 6.45) is 17.0. The third kappa shape index (κ3) is 6.22. The van der Waals surface area contributed by atoms with Crippen molar-refractivity contribution >= 4 is 0 Å². The van der Waals surface area contributed by atoms with Gasteiger partial charge in [-0.25, -0.2) is 0 Å². The maximum atomic E-state index is 10.6. The van der Waals surface area contributed by atoms with Crippen LogP contribution in [-0.4, -0.2) is 10.7 Å². The number of hydrogen-bond acceptors (Lipinski definition) is 1. The minimum atomic E-state index is -0.385. The van der Waals surface area contributed by atoms with Crippen molar-refractivity contribution in [3.63, 3.8) is 0 Å². The summed E-state index contributed by atoms with van der Waals surface area (Å²) in [4.78, 5) is 0. The van der Waals surface area contributed by atoms with Gasteiger partial charge in [-0.05, 0) is 32.1 Å². The van der Waals surface area contributed by atoms with Crippen LogP contribution in [0, 0.1) is 5.92 Å². The van der Waals surface area contributed by atoms with Gasteiger partial charge >= 0.3 is 0 Å². The molecule has 1 saturated carbocycles. The summed E-state index contributed by atoms with van der Waals surface area (Å²) in [5.41, 5.74) is -0.385. The van der Waals surface area contributed by atoms with Crippen molar-refractivity contribution in [3.05, 3.63) is 0 Å². The zero-order valence-electron chi connectivity index (χ0n) is 12.7. The van der Waals surface area contributed by atoms with Gasteiger partial charge in [-0.15, -0.1) is 0 Å². The van der Waals surface area contributed by atoms with Gasteiger partial charge in [-0.2, -0.15) is 0 Å². The van der Waals surface area contributed by atoms with Gasteiger partial charge in [0.1, 0.15) is 0 Å². The van der Waals surface area contributed by atoms with E-state index in [-0.39, 0.29) is 5.60 Å². The maximum Gasteiger partial charge on any atom is 0.0647 e. The molecule has 0 radical (unpaired) electrons. The topological polar surface area (TPSA) is 20.2 Å². The summed E-state index contributed by atoms with van der Waals surface area (Å²) in [7, 11) is 0. The SMILES string of the molecule is CCCCCCCCCC(C)(O)C1CCCCC1. The summed E-state index contributed by atoms with van der Waals surface area (Å²) in [6, 6.07) is 0. The molecule has 0 aromatic rings. The van der Waals surface area contributed by atoms with Gasteiger partial charge in [0.15, 0.2) is 0 Å². The predicted octanol–water partition coefficient (Wildman–Crippen LogP) is 5.46. The average Bonchev–Trinajstić information content (AvgIpc) is 2.39. The van der Waals surface area contributed by atoms with Crippen LogP contribution >= 0.6 is 0 Å². The van der Waals surface area contributed by atoms with E-state index >= 15 is 0 Å². The van der Waals surface area contributed by atoms with Crippen molar-refractivity contribution in [3.8, 4) is 0 Å². The number of hydrogen-bond donors (Lipinski definition) is 1. The Bertz CT molecular complexity index is 192. The minimum absolute atomic E-state index is 0.385. The molecule has 1 fully saturated rings. The van der Waals surface area contributed by atoms with E-state index in [4.69, 9.17) is 0 Å². The van der Waals surface area contributed by atoms with E-state index in [1.807, 2.05) is 0 Å². The monoisotopic (exact) mass is 254 g/mol. The van der Waals surface area contributed by atoms with Crippen LogP contribution in [0.5, 0.6) is 0 Å². The molecule has 1 heteroatoms. The third-order valence-corrected chi connectivity index (χ3v) is 4.77. The molecule has 0 aromatic carbocycles. The van der Waals surface area contributed by atoms with Gasteiger partial charge in [-0.1, -0.05) is 71.1 Å². The molecule has 0 spiro atoms. The first-order valence-electron chi connectivity index (χ1n) is 8.39. The van der Waals surface area contributed by atoms with Crippen LogP contribution in [0.15, 0.2) is 0 Å². The first-order valence-corrected chi connectivity index (χ1v) is 8.39. The molecule has 1 rings (SSSR count). The van der Waals surface area contributed by atoms with Crippen LogP contribution in [0.2, 0.25) is 0 Å². The van der Waals surface area contributed by atoms with Gasteiger partial charge in [0.25, 0.3) is 0 Å². The van der Waals surface area contributed by atoms with E-state index < -0.39 is 0 Å². The number of rotatable bonds is 9. The van der Waals surface area contributed by atoms with Crippen LogP contribution in [0.4, 0.5) is 0 Å². The van der Waals surface area contributed by atoms with E-state index in [1.165, 1.54) is 77.0 Å². The molecule has 108 valence electrons. The smallest absolute Gasteiger partial charge is 0.0647 e. The zero-order chi connectivity index (χ0) is 13.3. The van der Waals surface area contributed by atoms with Crippen molar-refractivity contribution in [2.45, 2.75) is 103 Å². The Morgan fingerprint density at radius 2 is 1.44 bits per heavy atom. The quantitative estimate of drug-likeness (QED) is 0.542. The van der Waals surface area contributed by atoms with Crippen molar-refractivity contribution in [1.82, 2.24) is 0 Å². The largest absolute Gasteiger partial charge is 0.390 e. The van der Waals surface area contributed by atoms with Gasteiger partial charge in [-0.3, -0.25) is 0 Å². The van der Waals surface area contributed by atoms with Gasteiger partial charge in [0.2, 0.25) is 0 Å². The first-order chi connectivity index (χ1) is 8.67. The predicted molar refractivity (Wildman–Crippen MR) is 79.8 cm³/mol. The van der Waals surface area contributed by atoms with Gasteiger partial charge in [0.05, 0.1) is 5.60 Å². The normalized spacial score (nSPS) is 20.8. The van der Waals surface area contributed by atoms with E-state index in [9.17, 15) is 5.11 Å². The van der Waals surface area contributed by atoms with E-state index in [2.05, 4.69) is 13.8 Å². The first kappa shape index (κ1) is 16.0. The van der Waals surface area contributed by atoms with E-state index in [0.717, 1.165) is 6.42 Å². The van der Waals surface area contributed by atoms with Crippen molar-refractivity contribution in [2.24, 2.45) is 5.92 Å². The lowest BCUT2D eigenvalue weighted by Crippen LogP contribution is -2.35. The van der Waals surface area contributed by atoms with E-state index in [1.54, 1.807) is 0 Å². The average molecular weight is 254 g/mol. The summed E-state index contributed by atoms with van der Waals surface area (Å²) >= 11 is 0. The second-order valence-corrected chi connectivity index (χ2v) is 6.56. The Labute approximate surface area is 114 Å². The molecule has 1 unspecified atom stereocenters. The Balaban J connectivity index is 2.05. The van der Waals surface area contributed by atoms with Gasteiger partial charge in [0, 0.05) is 0 Å². The highest BCUT2D eigenvalue weighted by molar-refractivity contribution is 4.84. The molecular formula is C17H34O. The lowest BCUT2D eigenvalue weighted by atomic mass is 9.75. The summed E-state index contributed by atoms with van der Waals surface area (Å²) in [5, 5.41) is 10.6. The number of aliphatic hydroxyl groups is 1. The van der Waals surface area contributed by atoms with Crippen LogP contribution in [0.25, 0.3) is 0 Å². The van der Waals surface area contributed by atoms with Crippen molar-refractivity contribution in [1.29, 1.82) is 0 Å². The number of unbranched alkanes of at least 4 members (excludes halogenated alkanes) is 6. The highest BCUT2D eigenvalue weighted by atomic mass is 16.3. The summed E-state index contributed by atoms with van der Waals surface area (Å²) in [5.74, 6) is 0.575. The zero-order valence-corrected chi connectivity index (χ0v) is 12.7. The molecule has 1 nitrogen and oxygen atoms in total. The molecule has 0 bridgehead atoms. The fourth-order valence-electron chi connectivity index (χ4n) is 3.37. The lowest BCUT2D eigenvalue weighted by molar-refractivity contribution is -0.0254. The van der Waals surface area contributed by atoms with Crippen LogP contribution in [0.1, 0.15) is 97.3 Å². The standard InChI is InChI=1S/C17H34O/c1-3-4-5-6-7-8-12-15-17(2,18)16-13-10-9-11-14-16/h16,18H,3-15H2,1-2H3. The Morgan fingerprint density at radius 3 is 2.06 bits per heavy atom. The minimum Gasteiger partial charge on any atom is -0.390 e. The highest BCUT2D eigenvalue weighted by Gasteiger charge is 2.31. The molecule has 18 heavy (non-hydrogen) atoms. The Kier molecular flexibility index (Phi) is 7.97. The molecule has 0 aliphatic heterocycles. The fraction of sp³-hybridized carbons (Fsp3) is 1.00. The lowest BCUT2D eigenvalue weighted by Gasteiger charge is -2.35. The second kappa shape index (κ2) is 8.96. The molecule has 1 atom stereocenters. The van der Waals surface area contributed by atoms with Crippen LogP contribution in [-0.2, 0) is 0 Å². The molecular weight excluding hydrogens is 220 g/mol. The van der Waals surface area contributed by atoms with E-state index in [0.29, 0.717) is 5.92 Å². The molecule has 0 saturated heterocycles. The molecule has 0 heterocycles. The summed E-state index contributed by atoms with van der Waals surface area (Å²) < 4.78 is 0. The van der Waals surface area contributed by atoms with Crippen molar-refractivity contribution in [2.75, 3.05) is 0 Å². The molecule has 0 amide bonds. The fourth-order valence-corrected chi connectivity index (χ4v) is 3.37. The molecule has 1 aliphatic rings.